The van der Waals surface area contributed by atoms with E-state index in [9.17, 15) is 9.59 Å². The molecule has 0 unspecified atom stereocenters. The molecule has 1 heterocycles. The largest absolute Gasteiger partial charge is 0.481 e. The standard InChI is InChI=1S/C14H22N2O3/c1-6-14(4,5)16-10(3)11(7-8-12(17)18)9(2)15-13(16)19/h6-8H2,1-5H3,(H,17,18). The van der Waals surface area contributed by atoms with Crippen molar-refractivity contribution in [3.05, 3.63) is 27.4 Å². The fourth-order valence-electron chi connectivity index (χ4n) is 2.27. The molecule has 5 heteroatoms. The molecule has 19 heavy (non-hydrogen) atoms. The second-order valence-electron chi connectivity index (χ2n) is 5.44. The number of nitrogens with zero attached hydrogens (tertiary/aromatic N) is 2. The van der Waals surface area contributed by atoms with Crippen LogP contribution in [0.2, 0.25) is 0 Å². The van der Waals surface area contributed by atoms with Gasteiger partial charge in [0.25, 0.3) is 0 Å². The number of carbonyl (C=O) groups is 1. The third-order valence-electron chi connectivity index (χ3n) is 3.72. The van der Waals surface area contributed by atoms with Gasteiger partial charge >= 0.3 is 11.7 Å². The smallest absolute Gasteiger partial charge is 0.348 e. The van der Waals surface area contributed by atoms with Gasteiger partial charge in [-0.15, -0.1) is 0 Å². The molecule has 1 rings (SSSR count). The maximum absolute atomic E-state index is 12.1. The number of aromatic nitrogens is 2. The predicted molar refractivity (Wildman–Crippen MR) is 73.5 cm³/mol. The molecular weight excluding hydrogens is 244 g/mol. The molecule has 0 aliphatic rings. The second-order valence-corrected chi connectivity index (χ2v) is 5.44. The zero-order valence-electron chi connectivity index (χ0n) is 12.3. The Labute approximate surface area is 113 Å². The summed E-state index contributed by atoms with van der Waals surface area (Å²) in [7, 11) is 0. The lowest BCUT2D eigenvalue weighted by molar-refractivity contribution is -0.136. The molecular formula is C14H22N2O3. The quantitative estimate of drug-likeness (QED) is 0.885. The van der Waals surface area contributed by atoms with Crippen molar-refractivity contribution in [2.75, 3.05) is 0 Å². The van der Waals surface area contributed by atoms with E-state index in [-0.39, 0.29) is 17.6 Å². The summed E-state index contributed by atoms with van der Waals surface area (Å²) in [6, 6.07) is 0. The van der Waals surface area contributed by atoms with E-state index in [0.29, 0.717) is 12.1 Å². The average Bonchev–Trinajstić information content (AvgIpc) is 2.27. The van der Waals surface area contributed by atoms with Crippen LogP contribution in [0.4, 0.5) is 0 Å². The van der Waals surface area contributed by atoms with E-state index in [4.69, 9.17) is 5.11 Å². The molecule has 0 fully saturated rings. The van der Waals surface area contributed by atoms with Crippen molar-refractivity contribution in [2.24, 2.45) is 0 Å². The van der Waals surface area contributed by atoms with Crippen molar-refractivity contribution >= 4 is 5.97 Å². The topological polar surface area (TPSA) is 72.2 Å². The summed E-state index contributed by atoms with van der Waals surface area (Å²) in [5.41, 5.74) is 1.74. The number of carboxylic acids is 1. The fourth-order valence-corrected chi connectivity index (χ4v) is 2.27. The van der Waals surface area contributed by atoms with Crippen molar-refractivity contribution in [1.82, 2.24) is 9.55 Å². The van der Waals surface area contributed by atoms with Crippen molar-refractivity contribution < 1.29 is 9.90 Å². The maximum atomic E-state index is 12.1. The highest BCUT2D eigenvalue weighted by Gasteiger charge is 2.24. The first-order chi connectivity index (χ1) is 8.70. The van der Waals surface area contributed by atoms with E-state index in [1.54, 1.807) is 11.5 Å². The first-order valence-corrected chi connectivity index (χ1v) is 6.52. The van der Waals surface area contributed by atoms with Crippen molar-refractivity contribution in [3.8, 4) is 0 Å². The predicted octanol–water partition coefficient (Wildman–Crippen LogP) is 2.02. The lowest BCUT2D eigenvalue weighted by atomic mass is 9.98. The average molecular weight is 266 g/mol. The van der Waals surface area contributed by atoms with Crippen LogP contribution in [0.15, 0.2) is 4.79 Å². The number of rotatable bonds is 5. The number of carboxylic acid groups (broad SMARTS) is 1. The third kappa shape index (κ3) is 3.22. The number of aryl methyl sites for hydroxylation is 1. The molecule has 0 saturated heterocycles. The molecule has 0 bridgehead atoms. The normalized spacial score (nSPS) is 11.6. The van der Waals surface area contributed by atoms with Crippen molar-refractivity contribution in [3.63, 3.8) is 0 Å². The second kappa shape index (κ2) is 5.55. The molecule has 0 saturated carbocycles. The summed E-state index contributed by atoms with van der Waals surface area (Å²) in [5, 5.41) is 8.80. The summed E-state index contributed by atoms with van der Waals surface area (Å²) in [6.45, 7) is 9.61. The van der Waals surface area contributed by atoms with Crippen LogP contribution in [0, 0.1) is 13.8 Å². The van der Waals surface area contributed by atoms with Gasteiger partial charge in [-0.3, -0.25) is 9.36 Å². The summed E-state index contributed by atoms with van der Waals surface area (Å²) >= 11 is 0. The molecule has 0 amide bonds. The molecule has 0 aliphatic carbocycles. The highest BCUT2D eigenvalue weighted by Crippen LogP contribution is 2.22. The van der Waals surface area contributed by atoms with E-state index >= 15 is 0 Å². The summed E-state index contributed by atoms with van der Waals surface area (Å²) in [4.78, 5) is 26.8. The van der Waals surface area contributed by atoms with Crippen LogP contribution in [-0.4, -0.2) is 20.6 Å². The van der Waals surface area contributed by atoms with Gasteiger partial charge in [-0.2, -0.15) is 4.98 Å². The molecule has 106 valence electrons. The molecule has 0 spiro atoms. The Morgan fingerprint density at radius 3 is 2.42 bits per heavy atom. The van der Waals surface area contributed by atoms with Gasteiger partial charge in [-0.1, -0.05) is 6.92 Å². The lowest BCUT2D eigenvalue weighted by Crippen LogP contribution is -2.40. The molecule has 0 aliphatic heterocycles. The van der Waals surface area contributed by atoms with Gasteiger partial charge < -0.3 is 5.11 Å². The van der Waals surface area contributed by atoms with E-state index in [0.717, 1.165) is 17.7 Å². The molecule has 5 nitrogen and oxygen atoms in total. The molecule has 0 radical (unpaired) electrons. The molecule has 1 aromatic heterocycles. The Kier molecular flexibility index (Phi) is 4.50. The Balaban J connectivity index is 3.39. The molecule has 0 aromatic carbocycles. The molecule has 1 aromatic rings. The van der Waals surface area contributed by atoms with Gasteiger partial charge in [0, 0.05) is 23.3 Å². The Bertz CT molecular complexity index is 544. The van der Waals surface area contributed by atoms with Gasteiger partial charge in [0.2, 0.25) is 0 Å². The van der Waals surface area contributed by atoms with Crippen LogP contribution >= 0.6 is 0 Å². The van der Waals surface area contributed by atoms with Gasteiger partial charge in [0.15, 0.2) is 0 Å². The first-order valence-electron chi connectivity index (χ1n) is 6.52. The number of hydrogen-bond donors (Lipinski definition) is 1. The summed E-state index contributed by atoms with van der Waals surface area (Å²) < 4.78 is 1.68. The third-order valence-corrected chi connectivity index (χ3v) is 3.72. The lowest BCUT2D eigenvalue weighted by Gasteiger charge is -2.29. The number of aliphatic carboxylic acids is 1. The van der Waals surface area contributed by atoms with Crippen molar-refractivity contribution in [2.45, 2.75) is 59.4 Å². The van der Waals surface area contributed by atoms with E-state index in [2.05, 4.69) is 4.98 Å². The minimum Gasteiger partial charge on any atom is -0.481 e. The maximum Gasteiger partial charge on any atom is 0.348 e. The zero-order valence-corrected chi connectivity index (χ0v) is 12.3. The van der Waals surface area contributed by atoms with Gasteiger partial charge in [0.05, 0.1) is 0 Å². The van der Waals surface area contributed by atoms with Gasteiger partial charge in [-0.25, -0.2) is 4.79 Å². The van der Waals surface area contributed by atoms with E-state index < -0.39 is 5.97 Å². The Morgan fingerprint density at radius 2 is 1.95 bits per heavy atom. The highest BCUT2D eigenvalue weighted by molar-refractivity contribution is 5.67. The van der Waals surface area contributed by atoms with E-state index in [1.807, 2.05) is 27.7 Å². The Hall–Kier alpha value is -1.65. The summed E-state index contributed by atoms with van der Waals surface area (Å²) in [6.07, 6.45) is 1.26. The summed E-state index contributed by atoms with van der Waals surface area (Å²) in [5.74, 6) is -0.841. The van der Waals surface area contributed by atoms with Crippen LogP contribution in [0.1, 0.15) is 50.6 Å². The van der Waals surface area contributed by atoms with Gasteiger partial charge in [0.1, 0.15) is 0 Å². The van der Waals surface area contributed by atoms with Crippen molar-refractivity contribution in [1.29, 1.82) is 0 Å². The zero-order chi connectivity index (χ0) is 14.8. The minimum absolute atomic E-state index is 0.0497. The monoisotopic (exact) mass is 266 g/mol. The Morgan fingerprint density at radius 1 is 1.37 bits per heavy atom. The number of hydrogen-bond acceptors (Lipinski definition) is 3. The van der Waals surface area contributed by atoms with Crippen LogP contribution in [0.3, 0.4) is 0 Å². The van der Waals surface area contributed by atoms with E-state index in [1.165, 1.54) is 0 Å². The van der Waals surface area contributed by atoms with Crippen LogP contribution < -0.4 is 5.69 Å². The SMILES string of the molecule is CCC(C)(C)n1c(C)c(CCC(=O)O)c(C)nc1=O. The van der Waals surface area contributed by atoms with Crippen LogP contribution in [0.25, 0.3) is 0 Å². The van der Waals surface area contributed by atoms with Crippen LogP contribution in [0.5, 0.6) is 0 Å². The van der Waals surface area contributed by atoms with Crippen LogP contribution in [-0.2, 0) is 16.8 Å². The minimum atomic E-state index is -0.841. The highest BCUT2D eigenvalue weighted by atomic mass is 16.4. The fraction of sp³-hybridized carbons (Fsp3) is 0.643. The molecule has 1 N–H and O–H groups in total. The molecule has 0 atom stereocenters. The van der Waals surface area contributed by atoms with Gasteiger partial charge in [-0.05, 0) is 46.1 Å². The first kappa shape index (κ1) is 15.4.